The Bertz CT molecular complexity index is 269. The Morgan fingerprint density at radius 3 is 1.79 bits per heavy atom. The second-order valence-electron chi connectivity index (χ2n) is 6.57. The molecule has 0 aliphatic heterocycles. The molecule has 5 heteroatoms. The first kappa shape index (κ1) is 23.4. The van der Waals surface area contributed by atoms with E-state index in [2.05, 4.69) is 12.2 Å². The molecule has 0 radical (unpaired) electrons. The minimum absolute atomic E-state index is 0.0759. The summed E-state index contributed by atoms with van der Waals surface area (Å²) < 4.78 is 0. The van der Waals surface area contributed by atoms with Gasteiger partial charge in [0.15, 0.2) is 0 Å². The Balaban J connectivity index is 3.37. The maximum atomic E-state index is 11.7. The van der Waals surface area contributed by atoms with Crippen molar-refractivity contribution in [1.82, 2.24) is 10.2 Å². The van der Waals surface area contributed by atoms with E-state index in [1.807, 2.05) is 4.90 Å². The van der Waals surface area contributed by atoms with Crippen molar-refractivity contribution in [2.45, 2.75) is 77.6 Å². The van der Waals surface area contributed by atoms with Gasteiger partial charge in [0, 0.05) is 32.6 Å². The van der Waals surface area contributed by atoms with Gasteiger partial charge in [-0.15, -0.1) is 0 Å². The Labute approximate surface area is 148 Å². The van der Waals surface area contributed by atoms with Crippen molar-refractivity contribution >= 4 is 5.91 Å². The number of hydrogen-bond donors (Lipinski definition) is 3. The molecule has 0 aromatic heterocycles. The summed E-state index contributed by atoms with van der Waals surface area (Å²) in [4.78, 5) is 13.7. The molecule has 0 aliphatic carbocycles. The van der Waals surface area contributed by atoms with Gasteiger partial charge in [0.2, 0.25) is 5.91 Å². The molecule has 0 fully saturated rings. The van der Waals surface area contributed by atoms with E-state index in [9.17, 15) is 4.79 Å². The minimum Gasteiger partial charge on any atom is -0.395 e. The molecule has 3 N–H and O–H groups in total. The molecule has 5 nitrogen and oxygen atoms in total. The summed E-state index contributed by atoms with van der Waals surface area (Å²) in [6, 6.07) is 0. The number of rotatable bonds is 18. The van der Waals surface area contributed by atoms with Crippen LogP contribution in [0.5, 0.6) is 0 Å². The van der Waals surface area contributed by atoms with Crippen molar-refractivity contribution in [3.05, 3.63) is 0 Å². The van der Waals surface area contributed by atoms with Crippen molar-refractivity contribution < 1.29 is 15.0 Å². The molecule has 1 amide bonds. The number of hydrogen-bond acceptors (Lipinski definition) is 4. The molecule has 0 unspecified atom stereocenters. The van der Waals surface area contributed by atoms with Crippen LogP contribution in [0.25, 0.3) is 0 Å². The van der Waals surface area contributed by atoms with E-state index in [1.165, 1.54) is 51.4 Å². The van der Waals surface area contributed by atoms with Gasteiger partial charge in [-0.3, -0.25) is 9.69 Å². The molecular weight excluding hydrogens is 304 g/mol. The SMILES string of the molecule is CCCCCCCCCCCCC(=O)NCCN(CCO)CCO. The fraction of sp³-hybridized carbons (Fsp3) is 0.947. The number of nitrogens with zero attached hydrogens (tertiary/aromatic N) is 1. The molecule has 0 aromatic rings. The van der Waals surface area contributed by atoms with E-state index in [4.69, 9.17) is 10.2 Å². The summed E-state index contributed by atoms with van der Waals surface area (Å²) in [6.45, 7) is 4.72. The largest absolute Gasteiger partial charge is 0.395 e. The lowest BCUT2D eigenvalue weighted by molar-refractivity contribution is -0.121. The van der Waals surface area contributed by atoms with Gasteiger partial charge in [-0.2, -0.15) is 0 Å². The van der Waals surface area contributed by atoms with Crippen molar-refractivity contribution in [2.75, 3.05) is 39.4 Å². The van der Waals surface area contributed by atoms with Crippen LogP contribution in [-0.2, 0) is 4.79 Å². The summed E-state index contributed by atoms with van der Waals surface area (Å²) in [5.74, 6) is 0.113. The second-order valence-corrected chi connectivity index (χ2v) is 6.57. The van der Waals surface area contributed by atoms with E-state index >= 15 is 0 Å². The van der Waals surface area contributed by atoms with Crippen LogP contribution in [0.4, 0.5) is 0 Å². The van der Waals surface area contributed by atoms with Gasteiger partial charge >= 0.3 is 0 Å². The van der Waals surface area contributed by atoms with E-state index in [1.54, 1.807) is 0 Å². The normalized spacial score (nSPS) is 11.2. The zero-order chi connectivity index (χ0) is 17.9. The van der Waals surface area contributed by atoms with Crippen LogP contribution in [0.3, 0.4) is 0 Å². The predicted molar refractivity (Wildman–Crippen MR) is 100 cm³/mol. The van der Waals surface area contributed by atoms with Crippen LogP contribution in [0.2, 0.25) is 0 Å². The smallest absolute Gasteiger partial charge is 0.220 e. The average Bonchev–Trinajstić information content (AvgIpc) is 2.57. The second kappa shape index (κ2) is 18.7. The third-order valence-electron chi connectivity index (χ3n) is 4.34. The van der Waals surface area contributed by atoms with Crippen LogP contribution < -0.4 is 5.32 Å². The highest BCUT2D eigenvalue weighted by atomic mass is 16.3. The number of unbranched alkanes of at least 4 members (excludes halogenated alkanes) is 9. The number of aliphatic hydroxyl groups is 2. The van der Waals surface area contributed by atoms with Gasteiger partial charge in [-0.25, -0.2) is 0 Å². The fourth-order valence-electron chi connectivity index (χ4n) is 2.83. The zero-order valence-corrected chi connectivity index (χ0v) is 15.8. The monoisotopic (exact) mass is 344 g/mol. The van der Waals surface area contributed by atoms with E-state index in [0.29, 0.717) is 32.6 Å². The maximum Gasteiger partial charge on any atom is 0.220 e. The lowest BCUT2D eigenvalue weighted by Gasteiger charge is -2.20. The van der Waals surface area contributed by atoms with E-state index in [-0.39, 0.29) is 19.1 Å². The van der Waals surface area contributed by atoms with Crippen molar-refractivity contribution in [3.63, 3.8) is 0 Å². The number of nitrogens with one attached hydrogen (secondary N) is 1. The van der Waals surface area contributed by atoms with Gasteiger partial charge in [-0.05, 0) is 6.42 Å². The van der Waals surface area contributed by atoms with Crippen LogP contribution in [0, 0.1) is 0 Å². The maximum absolute atomic E-state index is 11.7. The summed E-state index contributed by atoms with van der Waals surface area (Å²) in [5.41, 5.74) is 0. The molecule has 0 saturated heterocycles. The Hall–Kier alpha value is -0.650. The van der Waals surface area contributed by atoms with Crippen molar-refractivity contribution in [3.8, 4) is 0 Å². The van der Waals surface area contributed by atoms with Crippen LogP contribution in [-0.4, -0.2) is 60.4 Å². The van der Waals surface area contributed by atoms with Crippen LogP contribution in [0.15, 0.2) is 0 Å². The van der Waals surface area contributed by atoms with E-state index in [0.717, 1.165) is 12.8 Å². The highest BCUT2D eigenvalue weighted by Crippen LogP contribution is 2.11. The van der Waals surface area contributed by atoms with Crippen LogP contribution in [0.1, 0.15) is 77.6 Å². The molecule has 0 aliphatic rings. The fourth-order valence-corrected chi connectivity index (χ4v) is 2.83. The van der Waals surface area contributed by atoms with Gasteiger partial charge in [0.25, 0.3) is 0 Å². The molecule has 0 heterocycles. The van der Waals surface area contributed by atoms with Gasteiger partial charge in [0.1, 0.15) is 0 Å². The number of amides is 1. The Morgan fingerprint density at radius 2 is 1.29 bits per heavy atom. The predicted octanol–water partition coefficient (Wildman–Crippen LogP) is 2.70. The molecular formula is C19H40N2O3. The molecule has 0 spiro atoms. The molecule has 144 valence electrons. The lowest BCUT2D eigenvalue weighted by Crippen LogP contribution is -2.37. The summed E-state index contributed by atoms with van der Waals surface area (Å²) >= 11 is 0. The van der Waals surface area contributed by atoms with E-state index < -0.39 is 0 Å². The average molecular weight is 345 g/mol. The molecule has 0 rings (SSSR count). The van der Waals surface area contributed by atoms with Gasteiger partial charge in [-0.1, -0.05) is 64.7 Å². The Morgan fingerprint density at radius 1 is 0.792 bits per heavy atom. The highest BCUT2D eigenvalue weighted by Gasteiger charge is 2.05. The molecule has 0 aromatic carbocycles. The zero-order valence-electron chi connectivity index (χ0n) is 15.8. The third-order valence-corrected chi connectivity index (χ3v) is 4.34. The van der Waals surface area contributed by atoms with Crippen LogP contribution >= 0.6 is 0 Å². The first-order valence-electron chi connectivity index (χ1n) is 9.95. The van der Waals surface area contributed by atoms with Crippen molar-refractivity contribution in [1.29, 1.82) is 0 Å². The molecule has 24 heavy (non-hydrogen) atoms. The lowest BCUT2D eigenvalue weighted by atomic mass is 10.1. The summed E-state index contributed by atoms with van der Waals surface area (Å²) in [6.07, 6.45) is 13.4. The number of aliphatic hydroxyl groups excluding tert-OH is 2. The first-order valence-corrected chi connectivity index (χ1v) is 9.95. The number of carbonyl (C=O) groups excluding carboxylic acids is 1. The summed E-state index contributed by atoms with van der Waals surface area (Å²) in [7, 11) is 0. The quantitative estimate of drug-likeness (QED) is 0.334. The third kappa shape index (κ3) is 16.2. The van der Waals surface area contributed by atoms with Gasteiger partial charge in [0.05, 0.1) is 13.2 Å². The van der Waals surface area contributed by atoms with Gasteiger partial charge < -0.3 is 15.5 Å². The number of carbonyl (C=O) groups is 1. The summed E-state index contributed by atoms with van der Waals surface area (Å²) in [5, 5.41) is 20.8. The molecule has 0 saturated carbocycles. The standard InChI is InChI=1S/C19H40N2O3/c1-2-3-4-5-6-7-8-9-10-11-12-19(24)20-13-14-21(15-17-22)16-18-23/h22-23H,2-18H2,1H3,(H,20,24). The Kier molecular flexibility index (Phi) is 18.2. The first-order chi connectivity index (χ1) is 11.7. The highest BCUT2D eigenvalue weighted by molar-refractivity contribution is 5.75. The minimum atomic E-state index is 0.0759. The topological polar surface area (TPSA) is 72.8 Å². The molecule has 0 bridgehead atoms. The molecule has 0 atom stereocenters. The van der Waals surface area contributed by atoms with Crippen molar-refractivity contribution in [2.24, 2.45) is 0 Å².